The zero-order valence-corrected chi connectivity index (χ0v) is 17.2. The van der Waals surface area contributed by atoms with Gasteiger partial charge in [-0.25, -0.2) is 0 Å². The summed E-state index contributed by atoms with van der Waals surface area (Å²) in [5.41, 5.74) is 1.70. The summed E-state index contributed by atoms with van der Waals surface area (Å²) in [6.07, 6.45) is 12.6. The van der Waals surface area contributed by atoms with E-state index >= 15 is 0 Å². The van der Waals surface area contributed by atoms with Gasteiger partial charge in [-0.3, -0.25) is 0 Å². The summed E-state index contributed by atoms with van der Waals surface area (Å²) in [6, 6.07) is 0. The molecular weight excluding hydrogens is 292 g/mol. The van der Waals surface area contributed by atoms with Gasteiger partial charge in [0, 0.05) is 0 Å². The summed E-state index contributed by atoms with van der Waals surface area (Å²) >= 11 is 0. The summed E-state index contributed by atoms with van der Waals surface area (Å²) in [6.45, 7) is 15.2. The van der Waals surface area contributed by atoms with Gasteiger partial charge in [-0.15, -0.1) is 0 Å². The molecule has 0 radical (unpaired) electrons. The molecule has 2 aliphatic rings. The van der Waals surface area contributed by atoms with Crippen LogP contribution in [0.4, 0.5) is 0 Å². The molecule has 0 aromatic rings. The van der Waals surface area contributed by atoms with Gasteiger partial charge in [0.15, 0.2) is 0 Å². The minimum Gasteiger partial charge on any atom is -0.378 e. The molecule has 140 valence electrons. The normalized spacial score (nSPS) is 31.2. The van der Waals surface area contributed by atoms with Crippen LogP contribution in [0.3, 0.4) is 0 Å². The molecule has 0 amide bonds. The highest BCUT2D eigenvalue weighted by atomic mass is 16.5. The Labute approximate surface area is 151 Å². The van der Waals surface area contributed by atoms with Gasteiger partial charge in [-0.2, -0.15) is 0 Å². The molecule has 1 aliphatic heterocycles. The topological polar surface area (TPSA) is 9.23 Å². The Kier molecular flexibility index (Phi) is 7.85. The van der Waals surface area contributed by atoms with Gasteiger partial charge in [0.1, 0.15) is 0 Å². The first-order valence-corrected chi connectivity index (χ1v) is 10.7. The van der Waals surface area contributed by atoms with E-state index in [1.165, 1.54) is 44.9 Å². The van der Waals surface area contributed by atoms with Gasteiger partial charge in [-0.1, -0.05) is 66.0 Å². The second kappa shape index (κ2) is 9.41. The van der Waals surface area contributed by atoms with Crippen molar-refractivity contribution in [2.24, 2.45) is 35.5 Å². The van der Waals surface area contributed by atoms with Gasteiger partial charge in [-0.05, 0) is 67.6 Å². The van der Waals surface area contributed by atoms with E-state index in [1.54, 1.807) is 5.57 Å². The lowest BCUT2D eigenvalue weighted by molar-refractivity contribution is -0.0527. The number of ether oxygens (including phenoxy) is 1. The molecule has 1 saturated heterocycles. The van der Waals surface area contributed by atoms with Crippen molar-refractivity contribution in [1.29, 1.82) is 0 Å². The van der Waals surface area contributed by atoms with Crippen LogP contribution in [0.15, 0.2) is 11.6 Å². The highest BCUT2D eigenvalue weighted by Crippen LogP contribution is 2.36. The van der Waals surface area contributed by atoms with Gasteiger partial charge in [0.2, 0.25) is 0 Å². The number of hydrogen-bond donors (Lipinski definition) is 0. The van der Waals surface area contributed by atoms with Crippen LogP contribution >= 0.6 is 0 Å². The number of hydrogen-bond acceptors (Lipinski definition) is 1. The Hall–Kier alpha value is -0.300. The van der Waals surface area contributed by atoms with Crippen molar-refractivity contribution in [2.45, 2.75) is 92.6 Å². The third kappa shape index (κ3) is 5.61. The van der Waals surface area contributed by atoms with Crippen molar-refractivity contribution < 1.29 is 4.74 Å². The van der Waals surface area contributed by atoms with Crippen molar-refractivity contribution in [1.82, 2.24) is 0 Å². The van der Waals surface area contributed by atoms with Crippen molar-refractivity contribution in [2.75, 3.05) is 6.61 Å². The van der Waals surface area contributed by atoms with E-state index in [2.05, 4.69) is 47.6 Å². The maximum atomic E-state index is 6.12. The van der Waals surface area contributed by atoms with Crippen LogP contribution < -0.4 is 0 Å². The van der Waals surface area contributed by atoms with E-state index in [9.17, 15) is 0 Å². The molecule has 2 rings (SSSR count). The fourth-order valence-corrected chi connectivity index (χ4v) is 4.68. The van der Waals surface area contributed by atoms with Crippen LogP contribution in [0.25, 0.3) is 0 Å². The maximum Gasteiger partial charge on any atom is 0.0598 e. The van der Waals surface area contributed by atoms with E-state index < -0.39 is 0 Å². The molecule has 1 fully saturated rings. The fraction of sp³-hybridized carbons (Fsp3) is 0.913. The van der Waals surface area contributed by atoms with Crippen molar-refractivity contribution in [3.05, 3.63) is 11.6 Å². The summed E-state index contributed by atoms with van der Waals surface area (Å²) in [4.78, 5) is 0. The highest BCUT2D eigenvalue weighted by molar-refractivity contribution is 5.09. The van der Waals surface area contributed by atoms with E-state index in [0.29, 0.717) is 12.0 Å². The number of allylic oxidation sites excluding steroid dienone is 2. The molecule has 1 aliphatic carbocycles. The van der Waals surface area contributed by atoms with Crippen LogP contribution in [0.1, 0.15) is 86.5 Å². The molecule has 0 spiro atoms. The molecular formula is C23H42O. The first kappa shape index (κ1) is 20.0. The van der Waals surface area contributed by atoms with Crippen LogP contribution in [0.5, 0.6) is 0 Å². The zero-order chi connectivity index (χ0) is 17.7. The molecule has 0 N–H and O–H groups in total. The van der Waals surface area contributed by atoms with Gasteiger partial charge >= 0.3 is 0 Å². The van der Waals surface area contributed by atoms with Crippen molar-refractivity contribution in [3.8, 4) is 0 Å². The van der Waals surface area contributed by atoms with Crippen LogP contribution in [-0.2, 0) is 4.74 Å². The van der Waals surface area contributed by atoms with Gasteiger partial charge in [0.05, 0.1) is 12.7 Å². The Balaban J connectivity index is 1.69. The molecule has 1 heteroatoms. The molecule has 24 heavy (non-hydrogen) atoms. The third-order valence-electron chi connectivity index (χ3n) is 7.00. The molecule has 5 unspecified atom stereocenters. The standard InChI is InChI=1S/C23H42O/c1-16(2)20-9-11-21(12-10-20)18(5)7-8-19(6)22-13-14-23(17(3)4)24-15-22/h9,16-19,21-23H,7-8,10-15H2,1-6H3. The van der Waals surface area contributed by atoms with Gasteiger partial charge in [0.25, 0.3) is 0 Å². The van der Waals surface area contributed by atoms with Crippen LogP contribution in [0, 0.1) is 35.5 Å². The lowest BCUT2D eigenvalue weighted by Gasteiger charge is -2.35. The molecule has 0 saturated carbocycles. The van der Waals surface area contributed by atoms with E-state index in [4.69, 9.17) is 4.74 Å². The minimum atomic E-state index is 0.511. The van der Waals surface area contributed by atoms with Crippen molar-refractivity contribution in [3.63, 3.8) is 0 Å². The third-order valence-corrected chi connectivity index (χ3v) is 7.00. The second-order valence-electron chi connectivity index (χ2n) is 9.45. The molecule has 1 heterocycles. The van der Waals surface area contributed by atoms with E-state index in [-0.39, 0.29) is 0 Å². The Bertz CT molecular complexity index is 387. The van der Waals surface area contributed by atoms with Gasteiger partial charge < -0.3 is 4.74 Å². The minimum absolute atomic E-state index is 0.511. The smallest absolute Gasteiger partial charge is 0.0598 e. The predicted molar refractivity (Wildman–Crippen MR) is 105 cm³/mol. The first-order chi connectivity index (χ1) is 11.4. The molecule has 0 bridgehead atoms. The largest absolute Gasteiger partial charge is 0.378 e. The summed E-state index contributed by atoms with van der Waals surface area (Å²) < 4.78 is 6.12. The molecule has 0 aromatic heterocycles. The van der Waals surface area contributed by atoms with E-state index in [1.807, 2.05) is 0 Å². The summed E-state index contributed by atoms with van der Waals surface area (Å²) in [5, 5.41) is 0. The fourth-order valence-electron chi connectivity index (χ4n) is 4.68. The lowest BCUT2D eigenvalue weighted by atomic mass is 9.75. The maximum absolute atomic E-state index is 6.12. The predicted octanol–water partition coefficient (Wildman–Crippen LogP) is 6.87. The summed E-state index contributed by atoms with van der Waals surface area (Å²) in [5.74, 6) is 4.86. The lowest BCUT2D eigenvalue weighted by Crippen LogP contribution is -2.32. The number of rotatable bonds is 7. The zero-order valence-electron chi connectivity index (χ0n) is 17.2. The average Bonchev–Trinajstić information content (AvgIpc) is 2.59. The molecule has 1 nitrogen and oxygen atoms in total. The SMILES string of the molecule is CC(C)C1=CCC(C(C)CCC(C)C2CCC(C(C)C)OC2)CC1. The molecule has 5 atom stereocenters. The van der Waals surface area contributed by atoms with E-state index in [0.717, 1.165) is 36.2 Å². The summed E-state index contributed by atoms with van der Waals surface area (Å²) in [7, 11) is 0. The second-order valence-corrected chi connectivity index (χ2v) is 9.45. The monoisotopic (exact) mass is 334 g/mol. The van der Waals surface area contributed by atoms with Crippen LogP contribution in [0.2, 0.25) is 0 Å². The molecule has 0 aromatic carbocycles. The Morgan fingerprint density at radius 1 is 0.917 bits per heavy atom. The Morgan fingerprint density at radius 2 is 1.58 bits per heavy atom. The quantitative estimate of drug-likeness (QED) is 0.461. The Morgan fingerprint density at radius 3 is 2.04 bits per heavy atom. The van der Waals surface area contributed by atoms with Crippen molar-refractivity contribution >= 4 is 0 Å². The first-order valence-electron chi connectivity index (χ1n) is 10.7. The van der Waals surface area contributed by atoms with Crippen LogP contribution in [-0.4, -0.2) is 12.7 Å². The average molecular weight is 335 g/mol. The highest BCUT2D eigenvalue weighted by Gasteiger charge is 2.28.